The Morgan fingerprint density at radius 2 is 1.95 bits per heavy atom. The summed E-state index contributed by atoms with van der Waals surface area (Å²) in [5, 5.41) is 24.3. The third-order valence-electron chi connectivity index (χ3n) is 2.40. The normalized spacial score (nSPS) is 10.5. The first-order chi connectivity index (χ1) is 10.5. The van der Waals surface area contributed by atoms with Gasteiger partial charge < -0.3 is 9.25 Å². The van der Waals surface area contributed by atoms with Crippen molar-refractivity contribution in [1.29, 1.82) is 0 Å². The Bertz CT molecular complexity index is 766. The molecule has 0 aliphatic heterocycles. The highest BCUT2D eigenvalue weighted by molar-refractivity contribution is 5.90. The lowest BCUT2D eigenvalue weighted by atomic mass is 10.2. The Kier molecular flexibility index (Phi) is 4.22. The van der Waals surface area contributed by atoms with Crippen LogP contribution in [0.1, 0.15) is 16.1 Å². The molecule has 1 aromatic carbocycles. The second kappa shape index (κ2) is 6.26. The highest BCUT2D eigenvalue weighted by atomic mass is 16.7. The Hall–Kier alpha value is -3.56. The minimum atomic E-state index is -0.916. The van der Waals surface area contributed by atoms with Gasteiger partial charge in [-0.1, -0.05) is 11.2 Å². The summed E-state index contributed by atoms with van der Waals surface area (Å²) in [7, 11) is 0. The largest absolute Gasteiger partial charge is 0.433 e. The summed E-state index contributed by atoms with van der Waals surface area (Å²) < 4.78 is 4.75. The van der Waals surface area contributed by atoms with Crippen molar-refractivity contribution in [3.05, 3.63) is 68.0 Å². The zero-order valence-electron chi connectivity index (χ0n) is 10.7. The highest BCUT2D eigenvalue weighted by Crippen LogP contribution is 2.15. The Labute approximate surface area is 121 Å². The first kappa shape index (κ1) is 14.8. The van der Waals surface area contributed by atoms with E-state index in [4.69, 9.17) is 4.42 Å². The topological polar surface area (TPSA) is 138 Å². The molecule has 10 nitrogen and oxygen atoms in total. The first-order valence-corrected chi connectivity index (χ1v) is 5.71. The van der Waals surface area contributed by atoms with Crippen molar-refractivity contribution < 1.29 is 23.9 Å². The van der Waals surface area contributed by atoms with E-state index in [1.165, 1.54) is 24.3 Å². The average molecular weight is 305 g/mol. The molecule has 0 saturated carbocycles. The predicted octanol–water partition coefficient (Wildman–Crippen LogP) is 2.29. The van der Waals surface area contributed by atoms with Crippen LogP contribution in [0.15, 0.2) is 46.0 Å². The lowest BCUT2D eigenvalue weighted by Crippen LogP contribution is -2.01. The van der Waals surface area contributed by atoms with Gasteiger partial charge in [-0.25, -0.2) is 4.79 Å². The monoisotopic (exact) mass is 305 g/mol. The molecular weight excluding hydrogens is 298 g/mol. The third-order valence-corrected chi connectivity index (χ3v) is 2.40. The predicted molar refractivity (Wildman–Crippen MR) is 71.5 cm³/mol. The summed E-state index contributed by atoms with van der Waals surface area (Å²) in [6, 6.07) is 7.29. The summed E-state index contributed by atoms with van der Waals surface area (Å²) in [6.45, 7) is 0. The average Bonchev–Trinajstić information content (AvgIpc) is 2.96. The van der Waals surface area contributed by atoms with Gasteiger partial charge in [0, 0.05) is 12.1 Å². The second-order valence-electron chi connectivity index (χ2n) is 3.85. The molecule has 0 N–H and O–H groups in total. The number of hydrogen-bond donors (Lipinski definition) is 0. The van der Waals surface area contributed by atoms with Crippen molar-refractivity contribution in [1.82, 2.24) is 0 Å². The van der Waals surface area contributed by atoms with Crippen LogP contribution in [0.3, 0.4) is 0 Å². The van der Waals surface area contributed by atoms with Gasteiger partial charge >= 0.3 is 11.9 Å². The van der Waals surface area contributed by atoms with Gasteiger partial charge in [0.25, 0.3) is 5.69 Å². The van der Waals surface area contributed by atoms with Crippen molar-refractivity contribution in [2.75, 3.05) is 0 Å². The van der Waals surface area contributed by atoms with Crippen molar-refractivity contribution in [2.24, 2.45) is 5.16 Å². The third kappa shape index (κ3) is 3.50. The number of benzene rings is 1. The number of rotatable bonds is 5. The molecule has 0 bridgehead atoms. The molecule has 0 aliphatic carbocycles. The molecular formula is C12H7N3O7. The molecule has 0 spiro atoms. The molecule has 22 heavy (non-hydrogen) atoms. The van der Waals surface area contributed by atoms with E-state index in [-0.39, 0.29) is 17.0 Å². The highest BCUT2D eigenvalue weighted by Gasteiger charge is 2.13. The van der Waals surface area contributed by atoms with Crippen LogP contribution in [-0.2, 0) is 4.84 Å². The van der Waals surface area contributed by atoms with E-state index in [9.17, 15) is 25.0 Å². The number of nitro groups is 2. The number of nitrogens with zero attached hydrogens (tertiary/aromatic N) is 3. The van der Waals surface area contributed by atoms with E-state index in [0.29, 0.717) is 0 Å². The van der Waals surface area contributed by atoms with Gasteiger partial charge in [-0.2, -0.15) is 0 Å². The zero-order valence-corrected chi connectivity index (χ0v) is 10.7. The minimum Gasteiger partial charge on any atom is -0.400 e. The number of oxime groups is 1. The smallest absolute Gasteiger partial charge is 0.400 e. The molecule has 0 amide bonds. The standard InChI is InChI=1S/C12H7N3O7/c16-12(8-2-1-3-9(6-8)14(17)18)22-13-7-10-4-5-11(21-10)15(19)20/h1-7H/b13-7-. The second-order valence-corrected chi connectivity index (χ2v) is 3.85. The number of nitro benzene ring substituents is 1. The summed E-state index contributed by atoms with van der Waals surface area (Å²) in [5.41, 5.74) is -0.322. The molecule has 1 heterocycles. The number of carbonyl (C=O) groups excluding carboxylic acids is 1. The molecule has 0 fully saturated rings. The van der Waals surface area contributed by atoms with Crippen LogP contribution in [0.25, 0.3) is 0 Å². The van der Waals surface area contributed by atoms with Crippen LogP contribution in [-0.4, -0.2) is 22.0 Å². The molecule has 0 atom stereocenters. The molecule has 0 unspecified atom stereocenters. The Morgan fingerprint density at radius 1 is 1.18 bits per heavy atom. The van der Waals surface area contributed by atoms with Gasteiger partial charge in [0.2, 0.25) is 0 Å². The molecule has 2 rings (SSSR count). The Balaban J connectivity index is 2.02. The molecule has 112 valence electrons. The first-order valence-electron chi connectivity index (χ1n) is 5.71. The summed E-state index contributed by atoms with van der Waals surface area (Å²) in [5.74, 6) is -1.38. The number of non-ortho nitro benzene ring substituents is 1. The minimum absolute atomic E-state index is 0.0125. The molecule has 0 radical (unpaired) electrons. The van der Waals surface area contributed by atoms with Crippen LogP contribution >= 0.6 is 0 Å². The van der Waals surface area contributed by atoms with Gasteiger partial charge in [0.15, 0.2) is 5.76 Å². The number of furan rings is 1. The van der Waals surface area contributed by atoms with E-state index in [2.05, 4.69) is 9.99 Å². The maximum atomic E-state index is 11.6. The molecule has 0 saturated heterocycles. The maximum absolute atomic E-state index is 11.6. The fourth-order valence-corrected chi connectivity index (χ4v) is 1.44. The number of carbonyl (C=O) groups is 1. The van der Waals surface area contributed by atoms with Crippen molar-refractivity contribution in [3.8, 4) is 0 Å². The van der Waals surface area contributed by atoms with Crippen LogP contribution in [0.2, 0.25) is 0 Å². The van der Waals surface area contributed by atoms with E-state index >= 15 is 0 Å². The zero-order chi connectivity index (χ0) is 16.1. The summed E-state index contributed by atoms with van der Waals surface area (Å²) >= 11 is 0. The van der Waals surface area contributed by atoms with Crippen LogP contribution < -0.4 is 0 Å². The fraction of sp³-hybridized carbons (Fsp3) is 0. The summed E-state index contributed by atoms with van der Waals surface area (Å²) in [6.07, 6.45) is 0.961. The summed E-state index contributed by atoms with van der Waals surface area (Å²) in [4.78, 5) is 35.7. The maximum Gasteiger partial charge on any atom is 0.433 e. The van der Waals surface area contributed by atoms with Gasteiger partial charge in [-0.3, -0.25) is 20.2 Å². The van der Waals surface area contributed by atoms with Crippen molar-refractivity contribution in [3.63, 3.8) is 0 Å². The number of hydrogen-bond acceptors (Lipinski definition) is 8. The van der Waals surface area contributed by atoms with E-state index < -0.39 is 21.7 Å². The lowest BCUT2D eigenvalue weighted by molar-refractivity contribution is -0.402. The molecule has 0 aliphatic rings. The SMILES string of the molecule is O=C(O/N=C\c1ccc([N+](=O)[O-])o1)c1cccc([N+](=O)[O-])c1. The van der Waals surface area contributed by atoms with Crippen LogP contribution in [0.4, 0.5) is 11.6 Å². The Morgan fingerprint density at radius 3 is 2.59 bits per heavy atom. The van der Waals surface area contributed by atoms with Gasteiger partial charge in [-0.05, 0) is 12.1 Å². The molecule has 10 heteroatoms. The van der Waals surface area contributed by atoms with E-state index in [0.717, 1.165) is 18.3 Å². The van der Waals surface area contributed by atoms with Gasteiger partial charge in [0.1, 0.15) is 11.1 Å². The molecule has 1 aromatic heterocycles. The quantitative estimate of drug-likeness (QED) is 0.357. The van der Waals surface area contributed by atoms with Crippen LogP contribution in [0, 0.1) is 20.2 Å². The molecule has 2 aromatic rings. The van der Waals surface area contributed by atoms with E-state index in [1.54, 1.807) is 0 Å². The fourth-order valence-electron chi connectivity index (χ4n) is 1.44. The van der Waals surface area contributed by atoms with Gasteiger partial charge in [-0.15, -0.1) is 0 Å². The van der Waals surface area contributed by atoms with E-state index in [1.807, 2.05) is 0 Å². The van der Waals surface area contributed by atoms with Crippen LogP contribution in [0.5, 0.6) is 0 Å². The lowest BCUT2D eigenvalue weighted by Gasteiger charge is -1.97. The van der Waals surface area contributed by atoms with Gasteiger partial charge in [0.05, 0.1) is 16.6 Å². The van der Waals surface area contributed by atoms with Crippen molar-refractivity contribution >= 4 is 23.8 Å². The van der Waals surface area contributed by atoms with Crippen molar-refractivity contribution in [2.45, 2.75) is 0 Å².